The van der Waals surface area contributed by atoms with Crippen LogP contribution < -0.4 is 5.73 Å². The third-order valence-corrected chi connectivity index (χ3v) is 2.76. The molecule has 1 aromatic rings. The van der Waals surface area contributed by atoms with E-state index in [1.165, 1.54) is 0 Å². The van der Waals surface area contributed by atoms with Gasteiger partial charge in [0, 0.05) is 25.5 Å². The Balaban J connectivity index is 3.06. The predicted octanol–water partition coefficient (Wildman–Crippen LogP) is 2.07. The van der Waals surface area contributed by atoms with Crippen LogP contribution in [0.2, 0.25) is 0 Å². The highest BCUT2D eigenvalue weighted by molar-refractivity contribution is 5.07. The lowest BCUT2D eigenvalue weighted by Gasteiger charge is -2.27. The molecule has 1 unspecified atom stereocenters. The van der Waals surface area contributed by atoms with E-state index in [4.69, 9.17) is 5.73 Å². The van der Waals surface area contributed by atoms with Crippen molar-refractivity contribution in [2.75, 3.05) is 6.54 Å². The van der Waals surface area contributed by atoms with Crippen LogP contribution in [0.5, 0.6) is 0 Å². The Morgan fingerprint density at radius 3 is 2.73 bits per heavy atom. The first-order valence-electron chi connectivity index (χ1n) is 5.46. The van der Waals surface area contributed by atoms with Crippen molar-refractivity contribution in [3.8, 4) is 0 Å². The molecule has 0 fully saturated rings. The predicted molar refractivity (Wildman–Crippen MR) is 59.2 cm³/mol. The number of alkyl halides is 1. The van der Waals surface area contributed by atoms with Crippen LogP contribution >= 0.6 is 0 Å². The molecule has 0 aromatic carbocycles. The molecule has 1 rings (SSSR count). The van der Waals surface area contributed by atoms with Crippen LogP contribution in [0.4, 0.5) is 4.39 Å². The molecule has 4 heteroatoms. The fraction of sp³-hybridized carbons (Fsp3) is 0.727. The van der Waals surface area contributed by atoms with E-state index in [0.29, 0.717) is 5.82 Å². The molecule has 15 heavy (non-hydrogen) atoms. The highest BCUT2D eigenvalue weighted by Gasteiger charge is 2.38. The Kier molecular flexibility index (Phi) is 3.85. The second kappa shape index (κ2) is 4.75. The Hall–Kier alpha value is -0.900. The quantitative estimate of drug-likeness (QED) is 0.813. The fourth-order valence-electron chi connectivity index (χ4n) is 1.68. The van der Waals surface area contributed by atoms with Crippen LogP contribution in [0.15, 0.2) is 12.4 Å². The molecule has 0 amide bonds. The standard InChI is InChI=1S/C11H20FN3/c1-4-6-15-7-5-14-10(15)11(12,8-13)9(2)3/h5,7,9H,4,6,8,13H2,1-3H3. The number of nitrogens with two attached hydrogens (primary N) is 1. The number of nitrogens with zero attached hydrogens (tertiary/aromatic N) is 2. The number of aromatic nitrogens is 2. The minimum Gasteiger partial charge on any atom is -0.332 e. The van der Waals surface area contributed by atoms with Gasteiger partial charge in [0.25, 0.3) is 0 Å². The maximum absolute atomic E-state index is 14.6. The minimum atomic E-state index is -1.52. The van der Waals surface area contributed by atoms with Crippen molar-refractivity contribution in [1.82, 2.24) is 9.55 Å². The van der Waals surface area contributed by atoms with Gasteiger partial charge in [-0.25, -0.2) is 9.37 Å². The Morgan fingerprint density at radius 1 is 1.60 bits per heavy atom. The molecule has 0 bridgehead atoms. The van der Waals surface area contributed by atoms with E-state index in [1.54, 1.807) is 6.20 Å². The molecular formula is C11H20FN3. The molecular weight excluding hydrogens is 193 g/mol. The van der Waals surface area contributed by atoms with Gasteiger partial charge in [0.1, 0.15) is 5.82 Å². The summed E-state index contributed by atoms with van der Waals surface area (Å²) in [6.07, 6.45) is 4.41. The molecule has 0 aliphatic heterocycles. The Morgan fingerprint density at radius 2 is 2.27 bits per heavy atom. The van der Waals surface area contributed by atoms with Gasteiger partial charge in [0.05, 0.1) is 0 Å². The van der Waals surface area contributed by atoms with Gasteiger partial charge in [-0.15, -0.1) is 0 Å². The highest BCUT2D eigenvalue weighted by atomic mass is 19.1. The van der Waals surface area contributed by atoms with Crippen molar-refractivity contribution in [1.29, 1.82) is 0 Å². The summed E-state index contributed by atoms with van der Waals surface area (Å²) in [5.74, 6) is 0.294. The van der Waals surface area contributed by atoms with E-state index in [9.17, 15) is 4.39 Å². The first-order valence-corrected chi connectivity index (χ1v) is 5.46. The monoisotopic (exact) mass is 213 g/mol. The number of aryl methyl sites for hydroxylation is 1. The van der Waals surface area contributed by atoms with Crippen LogP contribution in [-0.4, -0.2) is 16.1 Å². The summed E-state index contributed by atoms with van der Waals surface area (Å²) in [7, 11) is 0. The number of hydrogen-bond donors (Lipinski definition) is 1. The van der Waals surface area contributed by atoms with Gasteiger partial charge in [-0.05, 0) is 12.3 Å². The van der Waals surface area contributed by atoms with Crippen molar-refractivity contribution in [3.05, 3.63) is 18.2 Å². The largest absolute Gasteiger partial charge is 0.332 e. The number of imidazole rings is 1. The second-order valence-electron chi connectivity index (χ2n) is 4.17. The first kappa shape index (κ1) is 12.2. The zero-order valence-corrected chi connectivity index (χ0v) is 9.70. The third kappa shape index (κ3) is 2.20. The van der Waals surface area contributed by atoms with Crippen LogP contribution in [0.25, 0.3) is 0 Å². The van der Waals surface area contributed by atoms with E-state index in [-0.39, 0.29) is 12.5 Å². The molecule has 0 aliphatic rings. The lowest BCUT2D eigenvalue weighted by Crippen LogP contribution is -2.38. The van der Waals surface area contributed by atoms with Gasteiger partial charge < -0.3 is 10.3 Å². The van der Waals surface area contributed by atoms with E-state index >= 15 is 0 Å². The normalized spacial score (nSPS) is 15.6. The minimum absolute atomic E-state index is 0.0224. The summed E-state index contributed by atoms with van der Waals surface area (Å²) < 4.78 is 16.4. The van der Waals surface area contributed by atoms with Crippen molar-refractivity contribution in [2.24, 2.45) is 11.7 Å². The maximum Gasteiger partial charge on any atom is 0.182 e. The van der Waals surface area contributed by atoms with Crippen LogP contribution in [0.1, 0.15) is 33.0 Å². The molecule has 0 saturated carbocycles. The second-order valence-corrected chi connectivity index (χ2v) is 4.17. The van der Waals surface area contributed by atoms with Gasteiger partial charge in [0.15, 0.2) is 5.67 Å². The van der Waals surface area contributed by atoms with Crippen molar-refractivity contribution < 1.29 is 4.39 Å². The van der Waals surface area contributed by atoms with E-state index in [0.717, 1.165) is 13.0 Å². The number of rotatable bonds is 5. The summed E-state index contributed by atoms with van der Waals surface area (Å²) in [6.45, 7) is 6.48. The van der Waals surface area contributed by atoms with Crippen molar-refractivity contribution in [2.45, 2.75) is 39.4 Å². The molecule has 3 nitrogen and oxygen atoms in total. The number of hydrogen-bond acceptors (Lipinski definition) is 2. The molecule has 0 saturated heterocycles. The molecule has 2 N–H and O–H groups in total. The summed E-state index contributed by atoms with van der Waals surface area (Å²) in [5.41, 5.74) is 4.02. The van der Waals surface area contributed by atoms with Crippen LogP contribution in [-0.2, 0) is 12.2 Å². The first-order chi connectivity index (χ1) is 7.06. The van der Waals surface area contributed by atoms with Gasteiger partial charge in [-0.2, -0.15) is 0 Å². The summed E-state index contributed by atoms with van der Waals surface area (Å²) in [5, 5.41) is 0. The molecule has 1 heterocycles. The van der Waals surface area contributed by atoms with E-state index in [2.05, 4.69) is 11.9 Å². The van der Waals surface area contributed by atoms with Gasteiger partial charge in [-0.3, -0.25) is 0 Å². The van der Waals surface area contributed by atoms with Crippen molar-refractivity contribution in [3.63, 3.8) is 0 Å². The van der Waals surface area contributed by atoms with Crippen molar-refractivity contribution >= 4 is 0 Å². The highest BCUT2D eigenvalue weighted by Crippen LogP contribution is 2.31. The van der Waals surface area contributed by atoms with Gasteiger partial charge in [0.2, 0.25) is 0 Å². The van der Waals surface area contributed by atoms with Gasteiger partial charge in [-0.1, -0.05) is 20.8 Å². The average Bonchev–Trinajstić information content (AvgIpc) is 2.65. The molecule has 0 aliphatic carbocycles. The molecule has 0 radical (unpaired) electrons. The smallest absolute Gasteiger partial charge is 0.182 e. The average molecular weight is 213 g/mol. The van der Waals surface area contributed by atoms with E-state index < -0.39 is 5.67 Å². The van der Waals surface area contributed by atoms with E-state index in [1.807, 2.05) is 24.6 Å². The third-order valence-electron chi connectivity index (χ3n) is 2.76. The summed E-state index contributed by atoms with van der Waals surface area (Å²) >= 11 is 0. The lowest BCUT2D eigenvalue weighted by atomic mass is 9.91. The zero-order valence-electron chi connectivity index (χ0n) is 9.70. The number of halogens is 1. The fourth-order valence-corrected chi connectivity index (χ4v) is 1.68. The Bertz CT molecular complexity index is 309. The lowest BCUT2D eigenvalue weighted by molar-refractivity contribution is 0.0930. The molecule has 0 spiro atoms. The van der Waals surface area contributed by atoms with Gasteiger partial charge >= 0.3 is 0 Å². The molecule has 1 atom stereocenters. The SMILES string of the molecule is CCCn1ccnc1C(F)(CN)C(C)C. The van der Waals surface area contributed by atoms with Crippen LogP contribution in [0, 0.1) is 5.92 Å². The zero-order chi connectivity index (χ0) is 11.5. The molecule has 1 aromatic heterocycles. The van der Waals surface area contributed by atoms with Crippen LogP contribution in [0.3, 0.4) is 0 Å². The summed E-state index contributed by atoms with van der Waals surface area (Å²) in [6, 6.07) is 0. The summed E-state index contributed by atoms with van der Waals surface area (Å²) in [4.78, 5) is 4.11. The molecule has 86 valence electrons. The maximum atomic E-state index is 14.6. The Labute approximate surface area is 90.5 Å². The topological polar surface area (TPSA) is 43.8 Å².